The Kier molecular flexibility index (Phi) is 6.17. The summed E-state index contributed by atoms with van der Waals surface area (Å²) in [6, 6.07) is 6.42. The molecular weight excluding hydrogens is 290 g/mol. The summed E-state index contributed by atoms with van der Waals surface area (Å²) >= 11 is 0. The third kappa shape index (κ3) is 4.71. The molecule has 0 spiro atoms. The monoisotopic (exact) mass is 313 g/mol. The normalized spacial score (nSPS) is 13.0. The van der Waals surface area contributed by atoms with E-state index in [9.17, 15) is 13.2 Å². The van der Waals surface area contributed by atoms with Gasteiger partial charge in [-0.3, -0.25) is 0 Å². The minimum absolute atomic E-state index is 0.0748. The lowest BCUT2D eigenvalue weighted by Crippen LogP contribution is -2.40. The molecule has 118 valence electrons. The number of sulfonamides is 1. The van der Waals surface area contributed by atoms with E-state index in [1.807, 2.05) is 13.8 Å². The predicted molar refractivity (Wildman–Crippen MR) is 82.4 cm³/mol. The van der Waals surface area contributed by atoms with Gasteiger partial charge in [-0.1, -0.05) is 25.1 Å². The first kappa shape index (κ1) is 17.5. The van der Waals surface area contributed by atoms with Gasteiger partial charge in [-0.05, 0) is 25.0 Å². The maximum atomic E-state index is 12.2. The molecule has 0 aliphatic rings. The fraction of sp³-hybridized carbons (Fsp3) is 0.500. The molecule has 1 aromatic carbocycles. The van der Waals surface area contributed by atoms with E-state index < -0.39 is 10.0 Å². The van der Waals surface area contributed by atoms with Crippen molar-refractivity contribution in [1.82, 2.24) is 14.9 Å². The molecule has 2 amide bonds. The molecule has 0 saturated heterocycles. The van der Waals surface area contributed by atoms with Crippen molar-refractivity contribution >= 4 is 16.1 Å². The highest BCUT2D eigenvalue weighted by Crippen LogP contribution is 2.18. The van der Waals surface area contributed by atoms with E-state index in [2.05, 4.69) is 10.6 Å². The summed E-state index contributed by atoms with van der Waals surface area (Å²) in [5, 5.41) is 5.45. The third-order valence-electron chi connectivity index (χ3n) is 3.16. The van der Waals surface area contributed by atoms with E-state index in [1.54, 1.807) is 24.3 Å². The second kappa shape index (κ2) is 7.42. The summed E-state index contributed by atoms with van der Waals surface area (Å²) in [7, 11) is -0.559. The Labute approximate surface area is 126 Å². The standard InChI is InChI=1S/C14H23N3O3S/c1-5-11(2)16-14(18)15-10-12-8-6-7-9-13(12)21(19,20)17(3)4/h6-9,11H,5,10H2,1-4H3,(H2,15,16,18). The van der Waals surface area contributed by atoms with Crippen molar-refractivity contribution in [3.8, 4) is 0 Å². The zero-order chi connectivity index (χ0) is 16.0. The second-order valence-corrected chi connectivity index (χ2v) is 7.15. The average Bonchev–Trinajstić information content (AvgIpc) is 2.45. The summed E-state index contributed by atoms with van der Waals surface area (Å²) in [6.45, 7) is 4.04. The molecular formula is C14H23N3O3S. The van der Waals surface area contributed by atoms with Crippen molar-refractivity contribution in [2.75, 3.05) is 14.1 Å². The highest BCUT2D eigenvalue weighted by molar-refractivity contribution is 7.89. The van der Waals surface area contributed by atoms with Crippen LogP contribution in [0.5, 0.6) is 0 Å². The molecule has 1 rings (SSSR count). The summed E-state index contributed by atoms with van der Waals surface area (Å²) < 4.78 is 25.6. The van der Waals surface area contributed by atoms with Gasteiger partial charge in [0.25, 0.3) is 0 Å². The Morgan fingerprint density at radius 1 is 1.29 bits per heavy atom. The van der Waals surface area contributed by atoms with E-state index >= 15 is 0 Å². The van der Waals surface area contributed by atoms with Crippen LogP contribution in [-0.4, -0.2) is 38.9 Å². The molecule has 0 aliphatic carbocycles. The minimum atomic E-state index is -3.52. The summed E-state index contributed by atoms with van der Waals surface area (Å²) in [6.07, 6.45) is 0.832. The van der Waals surface area contributed by atoms with Gasteiger partial charge in [0, 0.05) is 26.7 Å². The molecule has 1 unspecified atom stereocenters. The first-order chi connectivity index (χ1) is 9.78. The smallest absolute Gasteiger partial charge is 0.315 e. The number of carbonyl (C=O) groups excluding carboxylic acids is 1. The van der Waals surface area contributed by atoms with Crippen LogP contribution in [0.15, 0.2) is 29.2 Å². The van der Waals surface area contributed by atoms with E-state index in [-0.39, 0.29) is 23.5 Å². The van der Waals surface area contributed by atoms with Gasteiger partial charge in [0.1, 0.15) is 0 Å². The molecule has 2 N–H and O–H groups in total. The van der Waals surface area contributed by atoms with Crippen molar-refractivity contribution < 1.29 is 13.2 Å². The highest BCUT2D eigenvalue weighted by Gasteiger charge is 2.20. The molecule has 1 aromatic rings. The summed E-state index contributed by atoms with van der Waals surface area (Å²) in [4.78, 5) is 11.9. The van der Waals surface area contributed by atoms with Gasteiger partial charge < -0.3 is 10.6 Å². The quantitative estimate of drug-likeness (QED) is 0.836. The maximum Gasteiger partial charge on any atom is 0.315 e. The number of nitrogens with zero attached hydrogens (tertiary/aromatic N) is 1. The SMILES string of the molecule is CCC(C)NC(=O)NCc1ccccc1S(=O)(=O)N(C)C. The van der Waals surface area contributed by atoms with Crippen LogP contribution in [0.1, 0.15) is 25.8 Å². The number of benzene rings is 1. The van der Waals surface area contributed by atoms with Crippen molar-refractivity contribution in [2.45, 2.75) is 37.8 Å². The molecule has 0 aliphatic heterocycles. The van der Waals surface area contributed by atoms with Gasteiger partial charge in [0.15, 0.2) is 0 Å². The fourth-order valence-corrected chi connectivity index (χ4v) is 2.77. The van der Waals surface area contributed by atoms with Gasteiger partial charge in [-0.25, -0.2) is 17.5 Å². The molecule has 21 heavy (non-hydrogen) atoms. The van der Waals surface area contributed by atoms with Crippen LogP contribution in [0, 0.1) is 0 Å². The van der Waals surface area contributed by atoms with Crippen molar-refractivity contribution in [1.29, 1.82) is 0 Å². The lowest BCUT2D eigenvalue weighted by atomic mass is 10.2. The van der Waals surface area contributed by atoms with E-state index in [1.165, 1.54) is 14.1 Å². The number of amides is 2. The summed E-state index contributed by atoms with van der Waals surface area (Å²) in [5.74, 6) is 0. The van der Waals surface area contributed by atoms with E-state index in [0.29, 0.717) is 5.56 Å². The van der Waals surface area contributed by atoms with E-state index in [0.717, 1.165) is 10.7 Å². The van der Waals surface area contributed by atoms with Gasteiger partial charge in [0.05, 0.1) is 4.90 Å². The Bertz CT molecular complexity index is 585. The van der Waals surface area contributed by atoms with Crippen molar-refractivity contribution in [3.63, 3.8) is 0 Å². The molecule has 0 aromatic heterocycles. The Hall–Kier alpha value is -1.60. The van der Waals surface area contributed by atoms with Crippen LogP contribution in [0.3, 0.4) is 0 Å². The number of rotatable bonds is 6. The van der Waals surface area contributed by atoms with Crippen LogP contribution < -0.4 is 10.6 Å². The van der Waals surface area contributed by atoms with Crippen LogP contribution in [0.2, 0.25) is 0 Å². The molecule has 1 atom stereocenters. The highest BCUT2D eigenvalue weighted by atomic mass is 32.2. The largest absolute Gasteiger partial charge is 0.336 e. The van der Waals surface area contributed by atoms with Crippen LogP contribution >= 0.6 is 0 Å². The van der Waals surface area contributed by atoms with Gasteiger partial charge in [-0.2, -0.15) is 0 Å². The van der Waals surface area contributed by atoms with Crippen molar-refractivity contribution in [3.05, 3.63) is 29.8 Å². The minimum Gasteiger partial charge on any atom is -0.336 e. The zero-order valence-electron chi connectivity index (χ0n) is 12.9. The maximum absolute atomic E-state index is 12.2. The lowest BCUT2D eigenvalue weighted by molar-refractivity contribution is 0.237. The van der Waals surface area contributed by atoms with Crippen LogP contribution in [0.4, 0.5) is 4.79 Å². The lowest BCUT2D eigenvalue weighted by Gasteiger charge is -2.16. The molecule has 0 fully saturated rings. The van der Waals surface area contributed by atoms with Crippen LogP contribution in [-0.2, 0) is 16.6 Å². The predicted octanol–water partition coefficient (Wildman–Crippen LogP) is 1.53. The third-order valence-corrected chi connectivity index (χ3v) is 5.08. The Balaban J connectivity index is 2.84. The molecule has 0 bridgehead atoms. The Morgan fingerprint density at radius 2 is 1.90 bits per heavy atom. The van der Waals surface area contributed by atoms with Gasteiger partial charge in [0.2, 0.25) is 10.0 Å². The second-order valence-electron chi connectivity index (χ2n) is 5.03. The first-order valence-corrected chi connectivity index (χ1v) is 8.27. The molecule has 0 heterocycles. The number of hydrogen-bond donors (Lipinski definition) is 2. The van der Waals surface area contributed by atoms with Gasteiger partial charge in [-0.15, -0.1) is 0 Å². The van der Waals surface area contributed by atoms with E-state index in [4.69, 9.17) is 0 Å². The average molecular weight is 313 g/mol. The molecule has 0 saturated carbocycles. The van der Waals surface area contributed by atoms with Crippen molar-refractivity contribution in [2.24, 2.45) is 0 Å². The molecule has 6 nitrogen and oxygen atoms in total. The number of carbonyl (C=O) groups is 1. The van der Waals surface area contributed by atoms with Crippen LogP contribution in [0.25, 0.3) is 0 Å². The molecule has 0 radical (unpaired) electrons. The zero-order valence-corrected chi connectivity index (χ0v) is 13.7. The number of urea groups is 1. The fourth-order valence-electron chi connectivity index (χ4n) is 1.65. The topological polar surface area (TPSA) is 78.5 Å². The molecule has 7 heteroatoms. The number of hydrogen-bond acceptors (Lipinski definition) is 3. The van der Waals surface area contributed by atoms with Gasteiger partial charge >= 0.3 is 6.03 Å². The number of nitrogens with one attached hydrogen (secondary N) is 2. The first-order valence-electron chi connectivity index (χ1n) is 6.83. The summed E-state index contributed by atoms with van der Waals surface area (Å²) in [5.41, 5.74) is 0.561. The Morgan fingerprint density at radius 3 is 2.48 bits per heavy atom.